The molecule has 0 unspecified atom stereocenters. The predicted octanol–water partition coefficient (Wildman–Crippen LogP) is 3.93. The molecule has 9 heteroatoms. The van der Waals surface area contributed by atoms with E-state index in [1.165, 1.54) is 22.7 Å². The zero-order chi connectivity index (χ0) is 19.4. The second-order valence-electron chi connectivity index (χ2n) is 5.70. The maximum atomic E-state index is 12.6. The van der Waals surface area contributed by atoms with Crippen LogP contribution in [0.5, 0.6) is 11.5 Å². The van der Waals surface area contributed by atoms with Crippen molar-refractivity contribution in [3.63, 3.8) is 0 Å². The molecule has 0 amide bonds. The largest absolute Gasteiger partial charge is 0.497 e. The summed E-state index contributed by atoms with van der Waals surface area (Å²) in [5.41, 5.74) is 2.59. The Hall–Kier alpha value is -1.94. The van der Waals surface area contributed by atoms with Gasteiger partial charge in [-0.05, 0) is 30.2 Å². The van der Waals surface area contributed by atoms with Crippen LogP contribution in [0.3, 0.4) is 0 Å². The zero-order valence-corrected chi connectivity index (χ0v) is 17.6. The summed E-state index contributed by atoms with van der Waals surface area (Å²) in [6.45, 7) is 2.18. The van der Waals surface area contributed by atoms with Gasteiger partial charge in [-0.15, -0.1) is 22.7 Å². The summed E-state index contributed by atoms with van der Waals surface area (Å²) in [7, 11) is -0.512. The fourth-order valence-corrected chi connectivity index (χ4v) is 5.58. The summed E-state index contributed by atoms with van der Waals surface area (Å²) < 4.78 is 38.6. The summed E-state index contributed by atoms with van der Waals surface area (Å²) in [5.74, 6) is 1.22. The van der Waals surface area contributed by atoms with Gasteiger partial charge in [0.25, 0.3) is 0 Å². The van der Waals surface area contributed by atoms with E-state index in [0.717, 1.165) is 28.2 Å². The van der Waals surface area contributed by atoms with Crippen LogP contribution >= 0.6 is 22.7 Å². The maximum Gasteiger partial charge on any atom is 0.250 e. The molecule has 3 aromatic rings. The summed E-state index contributed by atoms with van der Waals surface area (Å²) in [6.07, 6.45) is 0.858. The smallest absolute Gasteiger partial charge is 0.250 e. The average Bonchev–Trinajstić information content (AvgIpc) is 3.35. The van der Waals surface area contributed by atoms with Gasteiger partial charge in [0.05, 0.1) is 19.9 Å². The topological polar surface area (TPSA) is 77.5 Å². The number of hydrogen-bond donors (Lipinski definition) is 1. The highest BCUT2D eigenvalue weighted by Gasteiger charge is 2.18. The fraction of sp³-hybridized carbons (Fsp3) is 0.278. The molecule has 2 aromatic heterocycles. The Morgan fingerprint density at radius 2 is 1.74 bits per heavy atom. The van der Waals surface area contributed by atoms with Crippen molar-refractivity contribution >= 4 is 32.7 Å². The molecule has 144 valence electrons. The van der Waals surface area contributed by atoms with Gasteiger partial charge in [-0.1, -0.05) is 6.92 Å². The first-order valence-electron chi connectivity index (χ1n) is 8.20. The van der Waals surface area contributed by atoms with Gasteiger partial charge in [0.15, 0.2) is 0 Å². The molecule has 0 aliphatic rings. The minimum atomic E-state index is -3.62. The van der Waals surface area contributed by atoms with Crippen LogP contribution in [0.4, 0.5) is 0 Å². The first-order chi connectivity index (χ1) is 12.9. The van der Waals surface area contributed by atoms with Crippen LogP contribution in [0.15, 0.2) is 39.2 Å². The number of benzene rings is 1. The third-order valence-corrected chi connectivity index (χ3v) is 7.66. The zero-order valence-electron chi connectivity index (χ0n) is 15.2. The number of nitrogens with zero attached hydrogens (tertiary/aromatic N) is 1. The van der Waals surface area contributed by atoms with E-state index in [4.69, 9.17) is 9.47 Å². The highest BCUT2D eigenvalue weighted by Crippen LogP contribution is 2.31. The lowest BCUT2D eigenvalue weighted by atomic mass is 10.2. The van der Waals surface area contributed by atoms with Gasteiger partial charge in [0, 0.05) is 28.9 Å². The number of thiazole rings is 1. The van der Waals surface area contributed by atoms with Crippen LogP contribution in [-0.2, 0) is 23.0 Å². The van der Waals surface area contributed by atoms with E-state index in [2.05, 4.69) is 9.71 Å². The van der Waals surface area contributed by atoms with Crippen molar-refractivity contribution < 1.29 is 17.9 Å². The van der Waals surface area contributed by atoms with E-state index in [9.17, 15) is 8.42 Å². The molecule has 0 atom stereocenters. The van der Waals surface area contributed by atoms with Gasteiger partial charge >= 0.3 is 0 Å². The van der Waals surface area contributed by atoms with Crippen LogP contribution in [0.2, 0.25) is 0 Å². The Labute approximate surface area is 166 Å². The minimum Gasteiger partial charge on any atom is -0.497 e. The first kappa shape index (κ1) is 19.8. The highest BCUT2D eigenvalue weighted by atomic mass is 32.2. The van der Waals surface area contributed by atoms with Crippen LogP contribution < -0.4 is 14.2 Å². The number of nitrogens with one attached hydrogen (secondary N) is 1. The van der Waals surface area contributed by atoms with Gasteiger partial charge in [-0.3, -0.25) is 0 Å². The molecule has 1 aromatic carbocycles. The van der Waals surface area contributed by atoms with Crippen molar-refractivity contribution in [3.05, 3.63) is 46.3 Å². The van der Waals surface area contributed by atoms with Crippen molar-refractivity contribution in [2.24, 2.45) is 0 Å². The molecule has 0 aliphatic carbocycles. The monoisotopic (exact) mass is 424 g/mol. The summed E-state index contributed by atoms with van der Waals surface area (Å²) >= 11 is 2.71. The van der Waals surface area contributed by atoms with Crippen molar-refractivity contribution in [1.82, 2.24) is 9.71 Å². The number of thiophene rings is 1. The molecule has 0 spiro atoms. The van der Waals surface area contributed by atoms with Gasteiger partial charge in [-0.2, -0.15) is 0 Å². The number of ether oxygens (including phenoxy) is 2. The van der Waals surface area contributed by atoms with Gasteiger partial charge in [0.1, 0.15) is 20.7 Å². The quantitative estimate of drug-likeness (QED) is 0.593. The van der Waals surface area contributed by atoms with Crippen LogP contribution in [0.1, 0.15) is 18.2 Å². The molecule has 0 saturated carbocycles. The molecule has 3 rings (SSSR count). The molecule has 0 bridgehead atoms. The van der Waals surface area contributed by atoms with Gasteiger partial charge < -0.3 is 9.47 Å². The maximum absolute atomic E-state index is 12.6. The number of aromatic nitrogens is 1. The highest BCUT2D eigenvalue weighted by molar-refractivity contribution is 7.91. The molecule has 0 radical (unpaired) electrons. The van der Waals surface area contributed by atoms with E-state index in [1.54, 1.807) is 38.5 Å². The Morgan fingerprint density at radius 3 is 2.33 bits per heavy atom. The summed E-state index contributed by atoms with van der Waals surface area (Å²) in [6, 6.07) is 6.94. The molecule has 6 nitrogen and oxygen atoms in total. The van der Waals surface area contributed by atoms with E-state index in [0.29, 0.717) is 11.5 Å². The number of aryl methyl sites for hydroxylation is 1. The normalized spacial score (nSPS) is 11.5. The SMILES string of the molecule is CCc1csc(-c2csc(S(=O)(=O)NCc3cc(OC)cc(OC)c3)c2)n1. The number of sulfonamides is 1. The van der Waals surface area contributed by atoms with Crippen molar-refractivity contribution in [1.29, 1.82) is 0 Å². The minimum absolute atomic E-state index is 0.139. The molecule has 0 aliphatic heterocycles. The van der Waals surface area contributed by atoms with Crippen LogP contribution in [0.25, 0.3) is 10.6 Å². The molecular formula is C18H20N2O4S3. The number of rotatable bonds is 8. The summed E-state index contributed by atoms with van der Waals surface area (Å²) in [4.78, 5) is 4.51. The van der Waals surface area contributed by atoms with E-state index in [-0.39, 0.29) is 10.8 Å². The Morgan fingerprint density at radius 1 is 1.04 bits per heavy atom. The fourth-order valence-electron chi connectivity index (χ4n) is 2.39. The van der Waals surface area contributed by atoms with Crippen LogP contribution in [0, 0.1) is 0 Å². The lowest BCUT2D eigenvalue weighted by Crippen LogP contribution is -2.22. The van der Waals surface area contributed by atoms with Crippen molar-refractivity contribution in [2.75, 3.05) is 14.2 Å². The van der Waals surface area contributed by atoms with E-state index < -0.39 is 10.0 Å². The lowest BCUT2D eigenvalue weighted by Gasteiger charge is -2.09. The van der Waals surface area contributed by atoms with E-state index in [1.807, 2.05) is 17.7 Å². The Balaban J connectivity index is 1.76. The van der Waals surface area contributed by atoms with Crippen LogP contribution in [-0.4, -0.2) is 27.6 Å². The molecular weight excluding hydrogens is 404 g/mol. The molecule has 1 N–H and O–H groups in total. The second-order valence-corrected chi connectivity index (χ2v) is 9.46. The standard InChI is InChI=1S/C18H20N2O4S3/c1-4-14-11-26-18(20-14)13-7-17(25-10-13)27(21,22)19-9-12-5-15(23-2)8-16(6-12)24-3/h5-8,10-11,19H,4,9H2,1-3H3. The Bertz CT molecular complexity index is 1000. The predicted molar refractivity (Wildman–Crippen MR) is 108 cm³/mol. The number of methoxy groups -OCH3 is 2. The third-order valence-electron chi connectivity index (χ3n) is 3.88. The van der Waals surface area contributed by atoms with E-state index >= 15 is 0 Å². The molecule has 0 fully saturated rings. The van der Waals surface area contributed by atoms with Crippen molar-refractivity contribution in [3.8, 4) is 22.1 Å². The summed E-state index contributed by atoms with van der Waals surface area (Å²) in [5, 5.41) is 4.65. The average molecular weight is 425 g/mol. The van der Waals surface area contributed by atoms with Gasteiger partial charge in [-0.25, -0.2) is 18.1 Å². The number of hydrogen-bond acceptors (Lipinski definition) is 7. The lowest BCUT2D eigenvalue weighted by molar-refractivity contribution is 0.393. The molecule has 27 heavy (non-hydrogen) atoms. The molecule has 2 heterocycles. The Kier molecular flexibility index (Phi) is 6.15. The first-order valence-corrected chi connectivity index (χ1v) is 11.4. The molecule has 0 saturated heterocycles. The van der Waals surface area contributed by atoms with Gasteiger partial charge in [0.2, 0.25) is 10.0 Å². The second kappa shape index (κ2) is 8.39. The third kappa shape index (κ3) is 4.67. The van der Waals surface area contributed by atoms with Crippen molar-refractivity contribution in [2.45, 2.75) is 24.1 Å².